The van der Waals surface area contributed by atoms with Gasteiger partial charge in [-0.15, -0.1) is 0 Å². The second-order valence-electron chi connectivity index (χ2n) is 9.97. The van der Waals surface area contributed by atoms with E-state index in [0.717, 1.165) is 54.7 Å². The molecule has 3 aromatic carbocycles. The Morgan fingerprint density at radius 2 is 1.71 bits per heavy atom. The second-order valence-corrected chi connectivity index (χ2v) is 10.4. The van der Waals surface area contributed by atoms with Crippen molar-refractivity contribution in [3.05, 3.63) is 100 Å². The van der Waals surface area contributed by atoms with Gasteiger partial charge in [-0.2, -0.15) is 0 Å². The van der Waals surface area contributed by atoms with Crippen LogP contribution in [0.1, 0.15) is 28.4 Å². The molecule has 1 saturated heterocycles. The van der Waals surface area contributed by atoms with Crippen molar-refractivity contribution >= 4 is 22.5 Å². The number of aromatic nitrogens is 1. The molecule has 6 heteroatoms. The van der Waals surface area contributed by atoms with Crippen molar-refractivity contribution < 1.29 is 9.84 Å². The highest BCUT2D eigenvalue weighted by molar-refractivity contribution is 6.30. The number of fused-ring (bicyclic) bond motifs is 4. The molecule has 35 heavy (non-hydrogen) atoms. The summed E-state index contributed by atoms with van der Waals surface area (Å²) in [6.07, 6.45) is 0. The van der Waals surface area contributed by atoms with Crippen LogP contribution in [0.3, 0.4) is 0 Å². The lowest BCUT2D eigenvalue weighted by Crippen LogP contribution is -2.65. The van der Waals surface area contributed by atoms with Crippen LogP contribution in [0, 0.1) is 0 Å². The molecule has 2 aliphatic rings. The average molecular weight is 488 g/mol. The molecule has 0 amide bonds. The maximum Gasteiger partial charge on any atom is 0.120 e. The Kier molecular flexibility index (Phi) is 5.81. The van der Waals surface area contributed by atoms with Gasteiger partial charge >= 0.3 is 0 Å². The summed E-state index contributed by atoms with van der Waals surface area (Å²) in [7, 11) is 1.70. The van der Waals surface area contributed by atoms with E-state index in [0.29, 0.717) is 0 Å². The number of rotatable bonds is 6. The minimum Gasteiger partial charge on any atom is -0.497 e. The summed E-state index contributed by atoms with van der Waals surface area (Å²) in [4.78, 5) is 8.64. The third kappa shape index (κ3) is 4.03. The van der Waals surface area contributed by atoms with Gasteiger partial charge in [0.1, 0.15) is 5.75 Å². The van der Waals surface area contributed by atoms with Gasteiger partial charge in [0.05, 0.1) is 19.8 Å². The number of methoxy groups -OCH3 is 1. The maximum absolute atomic E-state index is 10.5. The molecule has 0 bridgehead atoms. The fraction of sp³-hybridized carbons (Fsp3) is 0.310. The first-order valence-corrected chi connectivity index (χ1v) is 12.5. The van der Waals surface area contributed by atoms with E-state index in [1.54, 1.807) is 7.11 Å². The predicted octanol–water partition coefficient (Wildman–Crippen LogP) is 5.13. The maximum atomic E-state index is 10.5. The Morgan fingerprint density at radius 3 is 2.43 bits per heavy atom. The topological polar surface area (TPSA) is 51.7 Å². The van der Waals surface area contributed by atoms with E-state index in [1.165, 1.54) is 22.1 Å². The molecule has 2 aliphatic heterocycles. The molecule has 0 aliphatic carbocycles. The highest BCUT2D eigenvalue weighted by atomic mass is 35.5. The first-order valence-electron chi connectivity index (χ1n) is 12.1. The highest BCUT2D eigenvalue weighted by Crippen LogP contribution is 2.49. The molecule has 1 fully saturated rings. The first kappa shape index (κ1) is 22.6. The Hall–Kier alpha value is -2.83. The Morgan fingerprint density at radius 1 is 0.971 bits per heavy atom. The number of aliphatic hydroxyl groups excluding tert-OH is 1. The fourth-order valence-corrected chi connectivity index (χ4v) is 6.25. The summed E-state index contributed by atoms with van der Waals surface area (Å²) in [5.41, 5.74) is 6.12. The van der Waals surface area contributed by atoms with E-state index in [9.17, 15) is 5.11 Å². The van der Waals surface area contributed by atoms with Crippen molar-refractivity contribution in [3.63, 3.8) is 0 Å². The smallest absolute Gasteiger partial charge is 0.120 e. The quantitative estimate of drug-likeness (QED) is 0.396. The molecule has 6 rings (SSSR count). The van der Waals surface area contributed by atoms with Crippen molar-refractivity contribution in [1.82, 2.24) is 14.8 Å². The minimum absolute atomic E-state index is 0.00898. The molecule has 0 saturated carbocycles. The van der Waals surface area contributed by atoms with E-state index in [-0.39, 0.29) is 18.1 Å². The molecule has 180 valence electrons. The van der Waals surface area contributed by atoms with E-state index >= 15 is 0 Å². The molecule has 2 N–H and O–H groups in total. The van der Waals surface area contributed by atoms with Crippen molar-refractivity contribution in [2.45, 2.75) is 24.5 Å². The van der Waals surface area contributed by atoms with Crippen LogP contribution in [0.4, 0.5) is 0 Å². The summed E-state index contributed by atoms with van der Waals surface area (Å²) in [6.45, 7) is 4.66. The van der Waals surface area contributed by atoms with Crippen molar-refractivity contribution in [3.8, 4) is 5.75 Å². The zero-order chi connectivity index (χ0) is 24.0. The van der Waals surface area contributed by atoms with E-state index < -0.39 is 0 Å². The van der Waals surface area contributed by atoms with Gasteiger partial charge in [0.15, 0.2) is 0 Å². The molecular formula is C29H30ClN3O2. The number of ether oxygens (including phenoxy) is 1. The summed E-state index contributed by atoms with van der Waals surface area (Å²) in [5, 5.41) is 12.5. The van der Waals surface area contributed by atoms with Gasteiger partial charge in [-0.05, 0) is 41.0 Å². The summed E-state index contributed by atoms with van der Waals surface area (Å²) >= 11 is 6.13. The fourth-order valence-electron chi connectivity index (χ4n) is 6.12. The van der Waals surface area contributed by atoms with Crippen LogP contribution in [-0.4, -0.2) is 53.2 Å². The monoisotopic (exact) mass is 487 g/mol. The first-order chi connectivity index (χ1) is 17.1. The number of nitrogens with one attached hydrogen (secondary N) is 1. The Balaban J connectivity index is 1.38. The standard InChI is InChI=1S/C29H30ClN3O2/c1-35-23-11-12-24-25(13-23)31-28-26(16-34)33(15-21-7-9-22(30)10-8-21)19-29(27(24)28)17-32(18-29)14-20-5-3-2-4-6-20/h2-13,26,31,34H,14-19H2,1H3/t26-/m1/s1. The number of H-pyrrole nitrogens is 1. The summed E-state index contributed by atoms with van der Waals surface area (Å²) < 4.78 is 5.49. The molecule has 3 heterocycles. The zero-order valence-electron chi connectivity index (χ0n) is 19.9. The normalized spacial score (nSPS) is 19.6. The molecule has 4 aromatic rings. The van der Waals surface area contributed by atoms with E-state index in [1.807, 2.05) is 18.2 Å². The molecular weight excluding hydrogens is 458 g/mol. The lowest BCUT2D eigenvalue weighted by atomic mass is 9.68. The van der Waals surface area contributed by atoms with Crippen molar-refractivity contribution in [2.24, 2.45) is 0 Å². The second kappa shape index (κ2) is 8.99. The predicted molar refractivity (Wildman–Crippen MR) is 140 cm³/mol. The SMILES string of the molecule is COc1ccc2c3c([nH]c2c1)[C@@H](CO)N(Cc1ccc(Cl)cc1)CC31CN(Cc2ccccc2)C1. The molecule has 0 radical (unpaired) electrons. The van der Waals surface area contributed by atoms with Gasteiger partial charge in [-0.3, -0.25) is 9.80 Å². The van der Waals surface area contributed by atoms with Crippen molar-refractivity contribution in [1.29, 1.82) is 0 Å². The number of nitrogens with zero attached hydrogens (tertiary/aromatic N) is 2. The van der Waals surface area contributed by atoms with E-state index in [2.05, 4.69) is 69.4 Å². The van der Waals surface area contributed by atoms with Crippen LogP contribution in [-0.2, 0) is 18.5 Å². The number of benzene rings is 3. The van der Waals surface area contributed by atoms with Crippen LogP contribution >= 0.6 is 11.6 Å². The van der Waals surface area contributed by atoms with Crippen molar-refractivity contribution in [2.75, 3.05) is 33.4 Å². The average Bonchev–Trinajstić information content (AvgIpc) is 3.24. The summed E-state index contributed by atoms with van der Waals surface area (Å²) in [6, 6.07) is 24.9. The van der Waals surface area contributed by atoms with Crippen LogP contribution < -0.4 is 4.74 Å². The van der Waals surface area contributed by atoms with Gasteiger partial charge in [-0.25, -0.2) is 0 Å². The minimum atomic E-state index is -0.0899. The number of hydrogen-bond donors (Lipinski definition) is 2. The lowest BCUT2D eigenvalue weighted by Gasteiger charge is -2.56. The Bertz CT molecular complexity index is 1330. The number of hydrogen-bond acceptors (Lipinski definition) is 4. The number of aliphatic hydroxyl groups is 1. The number of halogens is 1. The van der Waals surface area contributed by atoms with Crippen LogP contribution in [0.5, 0.6) is 5.75 Å². The molecule has 1 atom stereocenters. The largest absolute Gasteiger partial charge is 0.497 e. The van der Waals surface area contributed by atoms with Gasteiger partial charge in [0.2, 0.25) is 0 Å². The van der Waals surface area contributed by atoms with Gasteiger partial charge < -0.3 is 14.8 Å². The van der Waals surface area contributed by atoms with E-state index in [4.69, 9.17) is 16.3 Å². The lowest BCUT2D eigenvalue weighted by molar-refractivity contribution is -0.0119. The molecule has 1 aromatic heterocycles. The highest BCUT2D eigenvalue weighted by Gasteiger charge is 2.52. The third-order valence-electron chi connectivity index (χ3n) is 7.62. The molecule has 5 nitrogen and oxygen atoms in total. The van der Waals surface area contributed by atoms with Crippen LogP contribution in [0.25, 0.3) is 10.9 Å². The van der Waals surface area contributed by atoms with Crippen LogP contribution in [0.2, 0.25) is 5.02 Å². The van der Waals surface area contributed by atoms with Gasteiger partial charge in [0, 0.05) is 65.8 Å². The Labute approximate surface area is 210 Å². The van der Waals surface area contributed by atoms with Crippen LogP contribution in [0.15, 0.2) is 72.8 Å². The van der Waals surface area contributed by atoms with Gasteiger partial charge in [-0.1, -0.05) is 54.1 Å². The summed E-state index contributed by atoms with van der Waals surface area (Å²) in [5.74, 6) is 0.836. The number of aromatic amines is 1. The molecule has 1 spiro atoms. The number of likely N-dealkylation sites (tertiary alicyclic amines) is 1. The molecule has 0 unspecified atom stereocenters. The zero-order valence-corrected chi connectivity index (χ0v) is 20.6. The third-order valence-corrected chi connectivity index (χ3v) is 7.87. The van der Waals surface area contributed by atoms with Gasteiger partial charge in [0.25, 0.3) is 0 Å².